The highest BCUT2D eigenvalue weighted by atomic mass is 35.5. The Hall–Kier alpha value is -2.99. The summed E-state index contributed by atoms with van der Waals surface area (Å²) in [4.78, 5) is 23.9. The van der Waals surface area contributed by atoms with E-state index in [1.807, 2.05) is 6.07 Å². The number of ether oxygens (including phenoxy) is 2. The third kappa shape index (κ3) is 6.32. The van der Waals surface area contributed by atoms with Crippen molar-refractivity contribution in [3.63, 3.8) is 0 Å². The van der Waals surface area contributed by atoms with Gasteiger partial charge in [-0.25, -0.2) is 0 Å². The van der Waals surface area contributed by atoms with Gasteiger partial charge in [0.15, 0.2) is 11.5 Å². The zero-order chi connectivity index (χ0) is 20.4. The van der Waals surface area contributed by atoms with E-state index in [1.54, 1.807) is 49.6 Å². The molecule has 2 rings (SSSR count). The lowest BCUT2D eigenvalue weighted by Crippen LogP contribution is -2.40. The molecular weight excluding hydrogens is 380 g/mol. The molecule has 0 aliphatic carbocycles. The molecule has 2 aromatic carbocycles. The minimum atomic E-state index is -0.498. The number of amides is 2. The quantitative estimate of drug-likeness (QED) is 0.397. The maximum absolute atomic E-state index is 12.0. The minimum absolute atomic E-state index is 0.275. The van der Waals surface area contributed by atoms with Crippen molar-refractivity contribution < 1.29 is 19.1 Å². The standard InChI is InChI=1S/C21H23ClN2O4/c1-3-4-13-28-18-11-9-15(14-19(18)27-2)10-12-20(25)23-24-21(26)16-7-5-6-8-17(16)22/h5-12,14H,3-4,13H2,1-2H3,(H,23,25)(H,24,26)/b12-10+. The van der Waals surface area contributed by atoms with Gasteiger partial charge < -0.3 is 9.47 Å². The second-order valence-corrected chi connectivity index (χ2v) is 6.28. The van der Waals surface area contributed by atoms with Gasteiger partial charge in [-0.15, -0.1) is 0 Å². The third-order valence-corrected chi connectivity index (χ3v) is 4.12. The molecule has 2 aromatic rings. The van der Waals surface area contributed by atoms with Gasteiger partial charge in [-0.3, -0.25) is 20.4 Å². The number of methoxy groups -OCH3 is 1. The maximum Gasteiger partial charge on any atom is 0.271 e. The van der Waals surface area contributed by atoms with E-state index in [-0.39, 0.29) is 5.56 Å². The Labute approximate surface area is 169 Å². The Balaban J connectivity index is 1.92. The molecule has 0 heterocycles. The molecule has 7 heteroatoms. The first-order chi connectivity index (χ1) is 13.5. The smallest absolute Gasteiger partial charge is 0.271 e. The summed E-state index contributed by atoms with van der Waals surface area (Å²) in [6, 6.07) is 12.0. The molecule has 0 aliphatic heterocycles. The van der Waals surface area contributed by atoms with Crippen molar-refractivity contribution in [3.05, 3.63) is 64.7 Å². The lowest BCUT2D eigenvalue weighted by molar-refractivity contribution is -0.117. The maximum atomic E-state index is 12.0. The van der Waals surface area contributed by atoms with Crippen LogP contribution in [0.15, 0.2) is 48.5 Å². The zero-order valence-corrected chi connectivity index (χ0v) is 16.6. The third-order valence-electron chi connectivity index (χ3n) is 3.79. The fourth-order valence-electron chi connectivity index (χ4n) is 2.28. The van der Waals surface area contributed by atoms with Crippen molar-refractivity contribution >= 4 is 29.5 Å². The lowest BCUT2D eigenvalue weighted by atomic mass is 10.2. The summed E-state index contributed by atoms with van der Waals surface area (Å²) in [5.74, 6) is 0.264. The van der Waals surface area contributed by atoms with Crippen molar-refractivity contribution in [3.8, 4) is 11.5 Å². The molecule has 0 fully saturated rings. The summed E-state index contributed by atoms with van der Waals surface area (Å²) in [6.45, 7) is 2.71. The Bertz CT molecular complexity index is 852. The molecule has 0 radical (unpaired) electrons. The van der Waals surface area contributed by atoms with Gasteiger partial charge in [-0.2, -0.15) is 0 Å². The van der Waals surface area contributed by atoms with Crippen LogP contribution in [0.3, 0.4) is 0 Å². The first kappa shape index (κ1) is 21.3. The highest BCUT2D eigenvalue weighted by Crippen LogP contribution is 2.28. The van der Waals surface area contributed by atoms with E-state index in [9.17, 15) is 9.59 Å². The zero-order valence-electron chi connectivity index (χ0n) is 15.8. The van der Waals surface area contributed by atoms with E-state index < -0.39 is 11.8 Å². The van der Waals surface area contributed by atoms with Crippen LogP contribution in [-0.4, -0.2) is 25.5 Å². The van der Waals surface area contributed by atoms with Crippen molar-refractivity contribution in [1.82, 2.24) is 10.9 Å². The largest absolute Gasteiger partial charge is 0.493 e. The van der Waals surface area contributed by atoms with Crippen molar-refractivity contribution in [1.29, 1.82) is 0 Å². The van der Waals surface area contributed by atoms with E-state index in [0.717, 1.165) is 18.4 Å². The van der Waals surface area contributed by atoms with Gasteiger partial charge in [0.25, 0.3) is 11.8 Å². The number of hydrogen-bond acceptors (Lipinski definition) is 4. The average molecular weight is 403 g/mol. The number of carbonyl (C=O) groups is 2. The molecule has 0 aromatic heterocycles. The first-order valence-corrected chi connectivity index (χ1v) is 9.26. The van der Waals surface area contributed by atoms with Crippen LogP contribution < -0.4 is 20.3 Å². The van der Waals surface area contributed by atoms with Gasteiger partial charge >= 0.3 is 0 Å². The molecule has 2 N–H and O–H groups in total. The Morgan fingerprint density at radius 2 is 1.89 bits per heavy atom. The molecule has 0 unspecified atom stereocenters. The predicted octanol–water partition coefficient (Wildman–Crippen LogP) is 4.00. The van der Waals surface area contributed by atoms with Crippen LogP contribution in [0.5, 0.6) is 11.5 Å². The summed E-state index contributed by atoms with van der Waals surface area (Å²) in [5, 5.41) is 0.304. The second-order valence-electron chi connectivity index (χ2n) is 5.87. The average Bonchev–Trinajstić information content (AvgIpc) is 2.71. The minimum Gasteiger partial charge on any atom is -0.493 e. The summed E-state index contributed by atoms with van der Waals surface area (Å²) in [5.41, 5.74) is 5.66. The van der Waals surface area contributed by atoms with E-state index in [1.165, 1.54) is 6.08 Å². The number of nitrogens with one attached hydrogen (secondary N) is 2. The van der Waals surface area contributed by atoms with E-state index in [2.05, 4.69) is 17.8 Å². The molecule has 0 saturated heterocycles. The van der Waals surface area contributed by atoms with E-state index >= 15 is 0 Å². The monoisotopic (exact) mass is 402 g/mol. The first-order valence-electron chi connectivity index (χ1n) is 8.89. The fraction of sp³-hybridized carbons (Fsp3) is 0.238. The van der Waals surface area contributed by atoms with Gasteiger partial charge in [0.2, 0.25) is 0 Å². The molecule has 6 nitrogen and oxygen atoms in total. The second kappa shape index (κ2) is 11.0. The van der Waals surface area contributed by atoms with Crippen LogP contribution in [0.25, 0.3) is 6.08 Å². The predicted molar refractivity (Wildman–Crippen MR) is 109 cm³/mol. The molecule has 2 amide bonds. The van der Waals surface area contributed by atoms with Crippen LogP contribution in [0.4, 0.5) is 0 Å². The number of carbonyl (C=O) groups excluding carboxylic acids is 2. The lowest BCUT2D eigenvalue weighted by Gasteiger charge is -2.11. The van der Waals surface area contributed by atoms with Crippen molar-refractivity contribution in [2.75, 3.05) is 13.7 Å². The summed E-state index contributed by atoms with van der Waals surface area (Å²) in [7, 11) is 1.56. The van der Waals surface area contributed by atoms with Crippen LogP contribution in [0, 0.1) is 0 Å². The fourth-order valence-corrected chi connectivity index (χ4v) is 2.50. The van der Waals surface area contributed by atoms with Gasteiger partial charge in [0.05, 0.1) is 24.3 Å². The van der Waals surface area contributed by atoms with Gasteiger partial charge in [-0.05, 0) is 42.3 Å². The van der Waals surface area contributed by atoms with E-state index in [4.69, 9.17) is 21.1 Å². The Kier molecular flexibility index (Phi) is 8.37. The van der Waals surface area contributed by atoms with Crippen molar-refractivity contribution in [2.45, 2.75) is 19.8 Å². The molecule has 0 saturated carbocycles. The number of benzene rings is 2. The summed E-state index contributed by atoms with van der Waals surface area (Å²) in [6.07, 6.45) is 4.92. The van der Waals surface area contributed by atoms with E-state index in [0.29, 0.717) is 23.1 Å². The number of hydrazine groups is 1. The number of rotatable bonds is 8. The highest BCUT2D eigenvalue weighted by molar-refractivity contribution is 6.33. The van der Waals surface area contributed by atoms with Gasteiger partial charge in [0.1, 0.15) is 0 Å². The summed E-state index contributed by atoms with van der Waals surface area (Å²) >= 11 is 5.95. The number of hydrogen-bond donors (Lipinski definition) is 2. The van der Waals surface area contributed by atoms with Crippen LogP contribution in [0.1, 0.15) is 35.7 Å². The SMILES string of the molecule is CCCCOc1ccc(/C=C/C(=O)NNC(=O)c2ccccc2Cl)cc1OC. The molecule has 0 bridgehead atoms. The molecule has 0 atom stereocenters. The normalized spacial score (nSPS) is 10.5. The van der Waals surface area contributed by atoms with Crippen LogP contribution >= 0.6 is 11.6 Å². The topological polar surface area (TPSA) is 76.7 Å². The molecule has 148 valence electrons. The van der Waals surface area contributed by atoms with Crippen molar-refractivity contribution in [2.24, 2.45) is 0 Å². The van der Waals surface area contributed by atoms with Gasteiger partial charge in [-0.1, -0.05) is 43.1 Å². The molecule has 28 heavy (non-hydrogen) atoms. The summed E-state index contributed by atoms with van der Waals surface area (Å²) < 4.78 is 11.0. The Morgan fingerprint density at radius 3 is 2.61 bits per heavy atom. The molecule has 0 aliphatic rings. The molecular formula is C21H23ClN2O4. The highest BCUT2D eigenvalue weighted by Gasteiger charge is 2.09. The number of unbranched alkanes of at least 4 members (excludes halogenated alkanes) is 1. The van der Waals surface area contributed by atoms with Gasteiger partial charge in [0, 0.05) is 6.08 Å². The van der Waals surface area contributed by atoms with Crippen LogP contribution in [0.2, 0.25) is 5.02 Å². The molecule has 0 spiro atoms. The van der Waals surface area contributed by atoms with Crippen LogP contribution in [-0.2, 0) is 4.79 Å². The Morgan fingerprint density at radius 1 is 1.11 bits per heavy atom. The number of halogens is 1.